The van der Waals surface area contributed by atoms with Gasteiger partial charge in [0, 0.05) is 91.7 Å². The normalized spacial score (nSPS) is 13.2. The lowest BCUT2D eigenvalue weighted by molar-refractivity contribution is -0.140. The Labute approximate surface area is 686 Å². The molecule has 3 aliphatic rings. The Morgan fingerprint density at radius 2 is 0.617 bits per heavy atom. The minimum Gasteiger partial charge on any atom is -0.493 e. The number of nitrogens with one attached hydrogen (secondary N) is 3. The number of para-hydroxylation sites is 3. The Morgan fingerprint density at radius 3 is 0.850 bits per heavy atom. The molecule has 0 spiro atoms. The van der Waals surface area contributed by atoms with E-state index in [1.807, 2.05) is 93.6 Å². The number of hydrogen-bond donors (Lipinski definition) is 6. The summed E-state index contributed by atoms with van der Waals surface area (Å²) in [7, 11) is 5.15. The van der Waals surface area contributed by atoms with Crippen LogP contribution in [0.1, 0.15) is 100 Å². The van der Waals surface area contributed by atoms with Crippen molar-refractivity contribution in [2.45, 2.75) is 96.7 Å². The summed E-state index contributed by atoms with van der Waals surface area (Å²) in [5.41, 5.74) is 9.14. The third-order valence-corrected chi connectivity index (χ3v) is 21.7. The Morgan fingerprint density at radius 1 is 0.383 bits per heavy atom. The van der Waals surface area contributed by atoms with Crippen molar-refractivity contribution in [1.29, 1.82) is 0 Å². The van der Waals surface area contributed by atoms with Crippen LogP contribution in [0.4, 0.5) is 30.2 Å². The molecule has 0 saturated heterocycles. The number of pyridine rings is 3. The van der Waals surface area contributed by atoms with Crippen LogP contribution >= 0.6 is 12.1 Å². The molecule has 0 fully saturated rings. The summed E-state index contributed by atoms with van der Waals surface area (Å²) in [5, 5.41) is 39.0. The standard InChI is InChI=1S/3C30H26F2N2O5.CH3FS/c3*1-16-18-7-3-4-11-24(18)34(2)29(36)25(16)20-13-12-17(19-8-6-14-39-27(19)20)15-23(30(37)38)33-28(35)26-21(31)9-5-10-22(26)32;1-3-2/h3*3-5,7,9-13,23H,6,8,14-15H2,1-2H3,(H,33,35)(H,37,38);1H3/t3*23-;/m000./s1. The average Bonchev–Trinajstić information content (AvgIpc) is 0.752. The van der Waals surface area contributed by atoms with Crippen LogP contribution in [-0.2, 0) is 74.1 Å². The molecule has 0 bridgehead atoms. The van der Waals surface area contributed by atoms with Crippen LogP contribution in [0.3, 0.4) is 0 Å². The first-order valence-electron chi connectivity index (χ1n) is 38.1. The number of aliphatic carboxylic acids is 3. The van der Waals surface area contributed by atoms with Gasteiger partial charge in [0.05, 0.1) is 53.1 Å². The van der Waals surface area contributed by atoms with E-state index in [0.29, 0.717) is 126 Å². The first-order valence-corrected chi connectivity index (χ1v) is 39.3. The zero-order valence-corrected chi connectivity index (χ0v) is 66.8. The number of ether oxygens (including phenoxy) is 3. The van der Waals surface area contributed by atoms with E-state index in [4.69, 9.17) is 14.2 Å². The second kappa shape index (κ2) is 37.1. The lowest BCUT2D eigenvalue weighted by atomic mass is 9.89. The molecule has 0 saturated carbocycles. The van der Waals surface area contributed by atoms with Crippen LogP contribution < -0.4 is 46.8 Å². The molecule has 9 aromatic carbocycles. The van der Waals surface area contributed by atoms with Gasteiger partial charge in [0.25, 0.3) is 34.4 Å². The van der Waals surface area contributed by atoms with Gasteiger partial charge in [-0.3, -0.25) is 28.8 Å². The number of carboxylic acids is 3. The second-order valence-corrected chi connectivity index (χ2v) is 29.2. The molecule has 6 heterocycles. The van der Waals surface area contributed by atoms with Crippen LogP contribution in [-0.4, -0.2) is 109 Å². The highest BCUT2D eigenvalue weighted by Gasteiger charge is 2.34. The number of hydrogen-bond acceptors (Lipinski definition) is 13. The minimum absolute atomic E-state index is 0.141. The quantitative estimate of drug-likeness (QED) is 0.0435. The van der Waals surface area contributed by atoms with E-state index in [1.165, 1.54) is 6.26 Å². The van der Waals surface area contributed by atoms with Crippen LogP contribution in [0.25, 0.3) is 66.1 Å². The summed E-state index contributed by atoms with van der Waals surface area (Å²) >= 11 is 0.250. The maximum absolute atomic E-state index is 14.1. The molecule has 6 N–H and O–H groups in total. The Kier molecular flexibility index (Phi) is 26.6. The molecular weight excluding hydrogens is 1580 g/mol. The van der Waals surface area contributed by atoms with Crippen molar-refractivity contribution in [3.8, 4) is 50.6 Å². The van der Waals surface area contributed by atoms with Gasteiger partial charge >= 0.3 is 17.9 Å². The third-order valence-electron chi connectivity index (χ3n) is 21.7. The number of nitrogens with zero attached hydrogens (tertiary/aromatic N) is 3. The molecule has 12 aromatic rings. The summed E-state index contributed by atoms with van der Waals surface area (Å²) in [6.07, 6.45) is 4.73. The number of benzene rings is 9. The molecule has 3 aromatic heterocycles. The van der Waals surface area contributed by atoms with E-state index in [2.05, 4.69) is 16.0 Å². The van der Waals surface area contributed by atoms with Crippen molar-refractivity contribution in [2.24, 2.45) is 21.1 Å². The fourth-order valence-electron chi connectivity index (χ4n) is 15.8. The predicted molar refractivity (Wildman–Crippen MR) is 441 cm³/mol. The van der Waals surface area contributed by atoms with E-state index in [1.54, 1.807) is 71.2 Å². The van der Waals surface area contributed by atoms with Crippen molar-refractivity contribution in [3.63, 3.8) is 0 Å². The summed E-state index contributed by atoms with van der Waals surface area (Å²) in [6, 6.07) is 37.8. The lowest BCUT2D eigenvalue weighted by Gasteiger charge is -2.25. The molecule has 3 atom stereocenters. The van der Waals surface area contributed by atoms with Gasteiger partial charge in [-0.2, -0.15) is 3.89 Å². The van der Waals surface area contributed by atoms with E-state index in [-0.39, 0.29) is 48.1 Å². The highest BCUT2D eigenvalue weighted by Crippen LogP contribution is 2.44. The van der Waals surface area contributed by atoms with Gasteiger partial charge in [-0.1, -0.05) is 109 Å². The predicted octanol–water partition coefficient (Wildman–Crippen LogP) is 14.9. The zero-order valence-electron chi connectivity index (χ0n) is 65.9. The molecule has 620 valence electrons. The van der Waals surface area contributed by atoms with Gasteiger partial charge < -0.3 is 59.2 Å². The summed E-state index contributed by atoms with van der Waals surface area (Å²) in [4.78, 5) is 114. The maximum Gasteiger partial charge on any atom is 0.326 e. The van der Waals surface area contributed by atoms with E-state index < -0.39 is 105 Å². The number of rotatable bonds is 18. The first-order chi connectivity index (χ1) is 57.5. The van der Waals surface area contributed by atoms with E-state index in [9.17, 15) is 88.7 Å². The number of halogens is 7. The van der Waals surface area contributed by atoms with Gasteiger partial charge in [-0.25, -0.2) is 40.7 Å². The van der Waals surface area contributed by atoms with Crippen LogP contribution in [0.5, 0.6) is 17.2 Å². The zero-order chi connectivity index (χ0) is 86.2. The number of carbonyl (C=O) groups is 6. The fourth-order valence-corrected chi connectivity index (χ4v) is 15.8. The molecular formula is C91H81F7N6O15S. The number of aryl methyl sites for hydroxylation is 6. The van der Waals surface area contributed by atoms with Crippen molar-refractivity contribution >= 4 is 80.5 Å². The molecule has 0 unspecified atom stereocenters. The smallest absolute Gasteiger partial charge is 0.326 e. The summed E-state index contributed by atoms with van der Waals surface area (Å²) < 4.78 is 118. The number of amides is 3. The van der Waals surface area contributed by atoms with Crippen molar-refractivity contribution in [3.05, 3.63) is 297 Å². The van der Waals surface area contributed by atoms with Crippen molar-refractivity contribution < 1.29 is 88.5 Å². The molecule has 21 nitrogen and oxygen atoms in total. The number of carbonyl (C=O) groups excluding carboxylic acids is 3. The van der Waals surface area contributed by atoms with Crippen molar-refractivity contribution in [2.75, 3.05) is 26.1 Å². The average molecular weight is 1660 g/mol. The van der Waals surface area contributed by atoms with E-state index in [0.717, 1.165) is 121 Å². The Balaban J connectivity index is 0.000000162. The Bertz CT molecular complexity index is 5650. The fraction of sp³-hybridized carbons (Fsp3) is 0.242. The van der Waals surface area contributed by atoms with Crippen molar-refractivity contribution in [1.82, 2.24) is 29.7 Å². The molecule has 15 rings (SSSR count). The molecule has 3 aliphatic heterocycles. The largest absolute Gasteiger partial charge is 0.493 e. The van der Waals surface area contributed by atoms with Gasteiger partial charge in [-0.15, -0.1) is 0 Å². The molecule has 3 amide bonds. The molecule has 0 aliphatic carbocycles. The van der Waals surface area contributed by atoms with Crippen LogP contribution in [0.15, 0.2) is 178 Å². The van der Waals surface area contributed by atoms with Gasteiger partial charge in [0.1, 0.15) is 87.0 Å². The second-order valence-electron chi connectivity index (χ2n) is 28.9. The highest BCUT2D eigenvalue weighted by molar-refractivity contribution is 7.93. The maximum atomic E-state index is 14.1. The molecule has 29 heteroatoms. The van der Waals surface area contributed by atoms with Gasteiger partial charge in [0.2, 0.25) is 0 Å². The van der Waals surface area contributed by atoms with E-state index >= 15 is 0 Å². The number of carboxylic acid groups (broad SMARTS) is 3. The summed E-state index contributed by atoms with van der Waals surface area (Å²) in [5.74, 6) is -12.5. The monoisotopic (exact) mass is 1660 g/mol. The highest BCUT2D eigenvalue weighted by atomic mass is 32.2. The molecule has 120 heavy (non-hydrogen) atoms. The first kappa shape index (κ1) is 86.0. The Hall–Kier alpha value is -13.3. The van der Waals surface area contributed by atoms with Crippen LogP contribution in [0, 0.1) is 55.7 Å². The topological polar surface area (TPSA) is 293 Å². The molecule has 0 radical (unpaired) electrons. The number of fused-ring (bicyclic) bond motifs is 6. The lowest BCUT2D eigenvalue weighted by Crippen LogP contribution is -2.43. The van der Waals surface area contributed by atoms with Crippen LogP contribution in [0.2, 0.25) is 0 Å². The third kappa shape index (κ3) is 17.5. The minimum atomic E-state index is -1.45. The van der Waals surface area contributed by atoms with Gasteiger partial charge in [-0.05, 0) is 164 Å². The SMILES string of the molecule is CSF.Cc1c(-c2ccc(C[C@H](NC(=O)c3c(F)cccc3F)C(=O)O)c3c2OCCC3)c(=O)n(C)c2ccccc12.Cc1c(-c2ccc(C[C@H](NC(=O)c3c(F)cccc3F)C(=O)O)c3c2OCCC3)c(=O)n(C)c2ccccc12.Cc1c(-c2ccc(C[C@H](NC(=O)c3c(F)cccc3F)C(=O)O)c3c2OCCC3)c(=O)n(C)c2ccccc12. The summed E-state index contributed by atoms with van der Waals surface area (Å²) in [6.45, 7) is 6.96. The van der Waals surface area contributed by atoms with Gasteiger partial charge in [0.15, 0.2) is 0 Å². The number of aromatic nitrogens is 3.